The van der Waals surface area contributed by atoms with Gasteiger partial charge in [0.1, 0.15) is 11.6 Å². The second-order valence-electron chi connectivity index (χ2n) is 6.37. The van der Waals surface area contributed by atoms with E-state index in [0.29, 0.717) is 17.1 Å². The quantitative estimate of drug-likeness (QED) is 0.652. The van der Waals surface area contributed by atoms with Crippen LogP contribution in [-0.4, -0.2) is 33.9 Å². The molecule has 3 rings (SSSR count). The molecular weight excluding hydrogens is 337 g/mol. The summed E-state index contributed by atoms with van der Waals surface area (Å²) in [4.78, 5) is 34.9. The first-order valence-electron chi connectivity index (χ1n) is 8.22. The van der Waals surface area contributed by atoms with Gasteiger partial charge >= 0.3 is 5.69 Å². The minimum absolute atomic E-state index is 0.128. The highest BCUT2D eigenvalue weighted by molar-refractivity contribution is 5.97. The van der Waals surface area contributed by atoms with Crippen molar-refractivity contribution in [1.82, 2.24) is 20.3 Å². The van der Waals surface area contributed by atoms with Gasteiger partial charge < -0.3 is 20.2 Å². The van der Waals surface area contributed by atoms with Gasteiger partial charge in [0.25, 0.3) is 5.91 Å². The molecule has 7 nitrogen and oxygen atoms in total. The van der Waals surface area contributed by atoms with Crippen LogP contribution < -0.4 is 15.9 Å². The normalized spacial score (nSPS) is 11.1. The van der Waals surface area contributed by atoms with E-state index in [1.165, 1.54) is 6.07 Å². The Labute approximate surface area is 149 Å². The summed E-state index contributed by atoms with van der Waals surface area (Å²) in [5, 5.41) is 2.66. The zero-order valence-electron chi connectivity index (χ0n) is 14.8. The van der Waals surface area contributed by atoms with Crippen molar-refractivity contribution in [3.05, 3.63) is 57.9 Å². The first-order valence-corrected chi connectivity index (χ1v) is 8.22. The Morgan fingerprint density at radius 2 is 1.96 bits per heavy atom. The Balaban J connectivity index is 1.71. The number of amides is 1. The molecule has 1 amide bonds. The molecule has 0 saturated carbocycles. The lowest BCUT2D eigenvalue weighted by molar-refractivity contribution is 0.0947. The lowest BCUT2D eigenvalue weighted by atomic mass is 10.1. The molecule has 0 fully saturated rings. The number of pyridine rings is 1. The Hall–Kier alpha value is -3.16. The number of aromatic nitrogens is 3. The molecule has 2 heterocycles. The summed E-state index contributed by atoms with van der Waals surface area (Å²) >= 11 is 0. The number of hydrogen-bond donors (Lipinski definition) is 3. The van der Waals surface area contributed by atoms with Gasteiger partial charge in [0.15, 0.2) is 0 Å². The summed E-state index contributed by atoms with van der Waals surface area (Å²) in [6, 6.07) is 6.51. The van der Waals surface area contributed by atoms with E-state index >= 15 is 0 Å². The van der Waals surface area contributed by atoms with E-state index in [9.17, 15) is 14.0 Å². The van der Waals surface area contributed by atoms with Crippen molar-refractivity contribution in [2.24, 2.45) is 0 Å². The summed E-state index contributed by atoms with van der Waals surface area (Å²) in [6.45, 7) is 4.36. The molecule has 0 bridgehead atoms. The van der Waals surface area contributed by atoms with Gasteiger partial charge in [-0.25, -0.2) is 14.2 Å². The molecule has 0 aliphatic heterocycles. The largest absolute Gasteiger partial charge is 0.357 e. The highest BCUT2D eigenvalue weighted by atomic mass is 19.1. The lowest BCUT2D eigenvalue weighted by Crippen LogP contribution is -2.27. The van der Waals surface area contributed by atoms with Crippen molar-refractivity contribution < 1.29 is 9.18 Å². The predicted octanol–water partition coefficient (Wildman–Crippen LogP) is 2.16. The number of rotatable bonds is 5. The topological polar surface area (TPSA) is 93.9 Å². The standard InChI is InChI=1S/C18H20FN5O2/c1-10(2)24(3)16-5-4-11(8-20-16)9-21-17(25)12-6-14-15(7-13(12)19)23-18(26)22-14/h4-8,10H,9H2,1-3H3,(H,21,25)(H2,22,23,26). The molecule has 8 heteroatoms. The Morgan fingerprint density at radius 3 is 2.58 bits per heavy atom. The molecule has 0 atom stereocenters. The van der Waals surface area contributed by atoms with Crippen molar-refractivity contribution in [1.29, 1.82) is 0 Å². The number of halogens is 1. The van der Waals surface area contributed by atoms with E-state index in [-0.39, 0.29) is 12.1 Å². The van der Waals surface area contributed by atoms with Gasteiger partial charge in [-0.15, -0.1) is 0 Å². The van der Waals surface area contributed by atoms with E-state index < -0.39 is 17.4 Å². The molecule has 136 valence electrons. The van der Waals surface area contributed by atoms with Gasteiger partial charge in [-0.3, -0.25) is 4.79 Å². The van der Waals surface area contributed by atoms with E-state index in [0.717, 1.165) is 17.4 Å². The summed E-state index contributed by atoms with van der Waals surface area (Å²) < 4.78 is 14.1. The zero-order valence-corrected chi connectivity index (χ0v) is 14.8. The third-order valence-corrected chi connectivity index (χ3v) is 4.25. The number of hydrogen-bond acceptors (Lipinski definition) is 4. The molecule has 1 aromatic carbocycles. The minimum atomic E-state index is -0.697. The second-order valence-corrected chi connectivity index (χ2v) is 6.37. The number of imidazole rings is 1. The molecule has 0 aliphatic rings. The maximum atomic E-state index is 14.1. The molecule has 0 unspecified atom stereocenters. The van der Waals surface area contributed by atoms with Crippen molar-refractivity contribution in [2.45, 2.75) is 26.4 Å². The molecule has 3 N–H and O–H groups in total. The number of anilines is 1. The van der Waals surface area contributed by atoms with E-state index in [1.807, 2.05) is 24.1 Å². The molecule has 0 spiro atoms. The van der Waals surface area contributed by atoms with Crippen LogP contribution in [0.1, 0.15) is 29.8 Å². The molecule has 0 saturated heterocycles. The fourth-order valence-electron chi connectivity index (χ4n) is 2.50. The fraction of sp³-hybridized carbons (Fsp3) is 0.278. The minimum Gasteiger partial charge on any atom is -0.357 e. The lowest BCUT2D eigenvalue weighted by Gasteiger charge is -2.22. The third-order valence-electron chi connectivity index (χ3n) is 4.25. The van der Waals surface area contributed by atoms with Crippen LogP contribution in [0, 0.1) is 5.82 Å². The first-order chi connectivity index (χ1) is 12.3. The van der Waals surface area contributed by atoms with Crippen LogP contribution in [0.3, 0.4) is 0 Å². The third kappa shape index (κ3) is 3.58. The van der Waals surface area contributed by atoms with Crippen LogP contribution in [-0.2, 0) is 6.54 Å². The number of aromatic amines is 2. The molecule has 0 radical (unpaired) electrons. The first kappa shape index (κ1) is 17.7. The summed E-state index contributed by atoms with van der Waals surface area (Å²) in [5.41, 5.74) is 0.921. The van der Waals surface area contributed by atoms with E-state index in [4.69, 9.17) is 0 Å². The monoisotopic (exact) mass is 357 g/mol. The zero-order chi connectivity index (χ0) is 18.8. The molecule has 26 heavy (non-hydrogen) atoms. The molecule has 2 aromatic heterocycles. The van der Waals surface area contributed by atoms with Crippen LogP contribution in [0.2, 0.25) is 0 Å². The highest BCUT2D eigenvalue weighted by Crippen LogP contribution is 2.16. The average molecular weight is 357 g/mol. The van der Waals surface area contributed by atoms with Crippen molar-refractivity contribution >= 4 is 22.8 Å². The number of benzene rings is 1. The SMILES string of the molecule is CC(C)N(C)c1ccc(CNC(=O)c2cc3[nH]c(=O)[nH]c3cc2F)cn1. The van der Waals surface area contributed by atoms with Crippen LogP contribution in [0.5, 0.6) is 0 Å². The number of carbonyl (C=O) groups is 1. The number of nitrogens with one attached hydrogen (secondary N) is 3. The number of fused-ring (bicyclic) bond motifs is 1. The summed E-state index contributed by atoms with van der Waals surface area (Å²) in [7, 11) is 1.96. The maximum Gasteiger partial charge on any atom is 0.323 e. The fourth-order valence-corrected chi connectivity index (χ4v) is 2.50. The second kappa shape index (κ2) is 6.99. The van der Waals surface area contributed by atoms with Gasteiger partial charge in [-0.1, -0.05) is 6.07 Å². The van der Waals surface area contributed by atoms with Crippen molar-refractivity contribution in [2.75, 3.05) is 11.9 Å². The Morgan fingerprint density at radius 1 is 1.27 bits per heavy atom. The van der Waals surface area contributed by atoms with Gasteiger partial charge in [-0.2, -0.15) is 0 Å². The Bertz CT molecular complexity index is 991. The van der Waals surface area contributed by atoms with Crippen LogP contribution in [0.15, 0.2) is 35.3 Å². The number of H-pyrrole nitrogens is 2. The predicted molar refractivity (Wildman–Crippen MR) is 97.8 cm³/mol. The van der Waals surface area contributed by atoms with Crippen molar-refractivity contribution in [3.8, 4) is 0 Å². The van der Waals surface area contributed by atoms with Gasteiger partial charge in [-0.05, 0) is 31.5 Å². The van der Waals surface area contributed by atoms with Crippen molar-refractivity contribution in [3.63, 3.8) is 0 Å². The summed E-state index contributed by atoms with van der Waals surface area (Å²) in [5.74, 6) is -0.421. The average Bonchev–Trinajstić information content (AvgIpc) is 2.97. The van der Waals surface area contributed by atoms with Crippen LogP contribution in [0.4, 0.5) is 10.2 Å². The number of nitrogens with zero attached hydrogens (tertiary/aromatic N) is 2. The highest BCUT2D eigenvalue weighted by Gasteiger charge is 2.14. The van der Waals surface area contributed by atoms with Gasteiger partial charge in [0.05, 0.1) is 16.6 Å². The van der Waals surface area contributed by atoms with Gasteiger partial charge in [0, 0.05) is 31.9 Å². The smallest absolute Gasteiger partial charge is 0.323 e. The van der Waals surface area contributed by atoms with E-state index in [1.54, 1.807) is 6.20 Å². The molecule has 3 aromatic rings. The van der Waals surface area contributed by atoms with Crippen LogP contribution >= 0.6 is 0 Å². The van der Waals surface area contributed by atoms with Crippen LogP contribution in [0.25, 0.3) is 11.0 Å². The summed E-state index contributed by atoms with van der Waals surface area (Å²) in [6.07, 6.45) is 1.68. The Kier molecular flexibility index (Phi) is 4.75. The van der Waals surface area contributed by atoms with Gasteiger partial charge in [0.2, 0.25) is 0 Å². The maximum absolute atomic E-state index is 14.1. The molecular formula is C18H20FN5O2. The number of carbonyl (C=O) groups excluding carboxylic acids is 1. The molecule has 0 aliphatic carbocycles. The van der Waals surface area contributed by atoms with E-state index in [2.05, 4.69) is 34.1 Å².